The predicted octanol–water partition coefficient (Wildman–Crippen LogP) is 0.106. The van der Waals surface area contributed by atoms with Crippen LogP contribution in [0.4, 0.5) is 4.79 Å². The van der Waals surface area contributed by atoms with Crippen molar-refractivity contribution in [1.29, 1.82) is 0 Å². The molecule has 2 aliphatic rings. The molecule has 2 atom stereocenters. The van der Waals surface area contributed by atoms with E-state index in [0.717, 1.165) is 19.3 Å². The molecule has 0 spiro atoms. The van der Waals surface area contributed by atoms with Crippen LogP contribution < -0.4 is 5.32 Å². The van der Waals surface area contributed by atoms with E-state index >= 15 is 0 Å². The average molecular weight is 198 g/mol. The Morgan fingerprint density at radius 2 is 2.21 bits per heavy atom. The van der Waals surface area contributed by atoms with Crippen molar-refractivity contribution in [2.75, 3.05) is 13.7 Å². The number of rotatable bonds is 2. The van der Waals surface area contributed by atoms with Crippen molar-refractivity contribution in [3.8, 4) is 0 Å². The van der Waals surface area contributed by atoms with Crippen molar-refractivity contribution < 1.29 is 14.3 Å². The number of amides is 3. The molecule has 0 radical (unpaired) electrons. The number of nitrogens with one attached hydrogen (secondary N) is 1. The van der Waals surface area contributed by atoms with Gasteiger partial charge in [-0.2, -0.15) is 0 Å². The van der Waals surface area contributed by atoms with Gasteiger partial charge < -0.3 is 9.64 Å². The van der Waals surface area contributed by atoms with Gasteiger partial charge in [0.25, 0.3) is 0 Å². The van der Waals surface area contributed by atoms with E-state index < -0.39 is 0 Å². The molecule has 3 amide bonds. The molecule has 1 heterocycles. The third-order valence-electron chi connectivity index (χ3n) is 2.95. The van der Waals surface area contributed by atoms with Crippen molar-refractivity contribution >= 4 is 11.9 Å². The van der Waals surface area contributed by atoms with Gasteiger partial charge in [0.15, 0.2) is 0 Å². The molecule has 0 aromatic carbocycles. The van der Waals surface area contributed by atoms with Crippen LogP contribution in [0.3, 0.4) is 0 Å². The lowest BCUT2D eigenvalue weighted by molar-refractivity contribution is -0.118. The Hall–Kier alpha value is -1.10. The summed E-state index contributed by atoms with van der Waals surface area (Å²) in [6, 6.07) is -0.0804. The first-order chi connectivity index (χ1) is 6.70. The van der Waals surface area contributed by atoms with E-state index in [4.69, 9.17) is 4.74 Å². The molecule has 1 aliphatic carbocycles. The van der Waals surface area contributed by atoms with E-state index in [1.165, 1.54) is 0 Å². The average Bonchev–Trinajstić information content (AvgIpc) is 2.71. The van der Waals surface area contributed by atoms with Gasteiger partial charge in [-0.15, -0.1) is 0 Å². The number of hydrogen-bond acceptors (Lipinski definition) is 3. The van der Waals surface area contributed by atoms with Crippen LogP contribution in [-0.2, 0) is 9.53 Å². The molecule has 2 fully saturated rings. The zero-order valence-electron chi connectivity index (χ0n) is 8.16. The number of carbonyl (C=O) groups is 2. The quantitative estimate of drug-likeness (QED) is 0.640. The van der Waals surface area contributed by atoms with Crippen LogP contribution in [0.2, 0.25) is 0 Å². The SMILES string of the molecule is COC1CCC(N2CC(=O)NC2=O)C1. The van der Waals surface area contributed by atoms with Gasteiger partial charge >= 0.3 is 6.03 Å². The fourth-order valence-corrected chi connectivity index (χ4v) is 2.17. The third kappa shape index (κ3) is 1.59. The van der Waals surface area contributed by atoms with Crippen LogP contribution >= 0.6 is 0 Å². The summed E-state index contributed by atoms with van der Waals surface area (Å²) in [7, 11) is 1.68. The summed E-state index contributed by atoms with van der Waals surface area (Å²) >= 11 is 0. The van der Waals surface area contributed by atoms with Crippen LogP contribution in [0.25, 0.3) is 0 Å². The van der Waals surface area contributed by atoms with Crippen LogP contribution in [-0.4, -0.2) is 42.6 Å². The first-order valence-corrected chi connectivity index (χ1v) is 4.84. The zero-order chi connectivity index (χ0) is 10.1. The summed E-state index contributed by atoms with van der Waals surface area (Å²) in [6.07, 6.45) is 2.98. The summed E-state index contributed by atoms with van der Waals surface area (Å²) in [6.45, 7) is 0.208. The Morgan fingerprint density at radius 3 is 2.71 bits per heavy atom. The summed E-state index contributed by atoms with van der Waals surface area (Å²) in [5.41, 5.74) is 0. The Labute approximate surface area is 82.4 Å². The highest BCUT2D eigenvalue weighted by molar-refractivity contribution is 6.02. The first kappa shape index (κ1) is 9.45. The van der Waals surface area contributed by atoms with E-state index in [0.29, 0.717) is 0 Å². The highest BCUT2D eigenvalue weighted by Gasteiger charge is 2.37. The topological polar surface area (TPSA) is 58.6 Å². The number of carbonyl (C=O) groups excluding carboxylic acids is 2. The van der Waals surface area contributed by atoms with E-state index in [9.17, 15) is 9.59 Å². The minimum absolute atomic E-state index is 0.173. The highest BCUT2D eigenvalue weighted by atomic mass is 16.5. The molecule has 0 aromatic heterocycles. The molecular weight excluding hydrogens is 184 g/mol. The van der Waals surface area contributed by atoms with Gasteiger partial charge in [-0.3, -0.25) is 10.1 Å². The van der Waals surface area contributed by atoms with E-state index in [1.54, 1.807) is 12.0 Å². The maximum Gasteiger partial charge on any atom is 0.324 e. The maximum absolute atomic E-state index is 11.3. The largest absolute Gasteiger partial charge is 0.381 e. The Bertz CT molecular complexity index is 267. The van der Waals surface area contributed by atoms with Crippen molar-refractivity contribution in [1.82, 2.24) is 10.2 Å². The molecule has 1 aliphatic heterocycles. The van der Waals surface area contributed by atoms with E-state index in [-0.39, 0.29) is 30.6 Å². The second-order valence-electron chi connectivity index (χ2n) is 3.81. The van der Waals surface area contributed by atoms with Crippen molar-refractivity contribution in [2.24, 2.45) is 0 Å². The molecule has 5 heteroatoms. The Kier molecular flexibility index (Phi) is 2.41. The lowest BCUT2D eigenvalue weighted by Gasteiger charge is -2.21. The summed E-state index contributed by atoms with van der Waals surface area (Å²) in [5.74, 6) is -0.198. The van der Waals surface area contributed by atoms with Crippen molar-refractivity contribution in [2.45, 2.75) is 31.4 Å². The number of ether oxygens (including phenoxy) is 1. The molecule has 78 valence electrons. The minimum atomic E-state index is -0.253. The Morgan fingerprint density at radius 1 is 1.43 bits per heavy atom. The van der Waals surface area contributed by atoms with Crippen LogP contribution in [0, 0.1) is 0 Å². The monoisotopic (exact) mass is 198 g/mol. The number of hydrogen-bond donors (Lipinski definition) is 1. The number of urea groups is 1. The second kappa shape index (κ2) is 3.57. The molecule has 5 nitrogen and oxygen atoms in total. The van der Waals surface area contributed by atoms with Crippen molar-refractivity contribution in [3.05, 3.63) is 0 Å². The lowest BCUT2D eigenvalue weighted by atomic mass is 10.2. The number of imide groups is 1. The first-order valence-electron chi connectivity index (χ1n) is 4.84. The summed E-state index contributed by atoms with van der Waals surface area (Å²) < 4.78 is 5.22. The molecule has 0 bridgehead atoms. The molecule has 0 aromatic rings. The molecule has 1 saturated heterocycles. The maximum atomic E-state index is 11.3. The normalized spacial score (nSPS) is 32.5. The van der Waals surface area contributed by atoms with Gasteiger partial charge in [-0.05, 0) is 19.3 Å². The molecule has 14 heavy (non-hydrogen) atoms. The van der Waals surface area contributed by atoms with Gasteiger partial charge in [0.2, 0.25) is 5.91 Å². The van der Waals surface area contributed by atoms with Gasteiger partial charge in [0, 0.05) is 13.2 Å². The van der Waals surface area contributed by atoms with Crippen LogP contribution in [0.15, 0.2) is 0 Å². The highest BCUT2D eigenvalue weighted by Crippen LogP contribution is 2.26. The zero-order valence-corrected chi connectivity index (χ0v) is 8.16. The molecule has 1 N–H and O–H groups in total. The fourth-order valence-electron chi connectivity index (χ4n) is 2.17. The van der Waals surface area contributed by atoms with E-state index in [1.807, 2.05) is 0 Å². The van der Waals surface area contributed by atoms with Gasteiger partial charge in [0.1, 0.15) is 6.54 Å². The van der Waals surface area contributed by atoms with Gasteiger partial charge in [-0.25, -0.2) is 4.79 Å². The molecular formula is C9H14N2O3. The fraction of sp³-hybridized carbons (Fsp3) is 0.778. The number of methoxy groups -OCH3 is 1. The number of nitrogens with zero attached hydrogens (tertiary/aromatic N) is 1. The lowest BCUT2D eigenvalue weighted by Crippen LogP contribution is -2.36. The Balaban J connectivity index is 1.96. The van der Waals surface area contributed by atoms with E-state index in [2.05, 4.69) is 5.32 Å². The molecule has 1 saturated carbocycles. The predicted molar refractivity (Wildman–Crippen MR) is 48.7 cm³/mol. The van der Waals surface area contributed by atoms with Gasteiger partial charge in [-0.1, -0.05) is 0 Å². The summed E-state index contributed by atoms with van der Waals surface area (Å²) in [5, 5.41) is 2.28. The molecule has 2 rings (SSSR count). The minimum Gasteiger partial charge on any atom is -0.381 e. The van der Waals surface area contributed by atoms with Crippen molar-refractivity contribution in [3.63, 3.8) is 0 Å². The molecule has 2 unspecified atom stereocenters. The standard InChI is InChI=1S/C9H14N2O3/c1-14-7-3-2-6(4-7)11-5-8(12)10-9(11)13/h6-7H,2-5H2,1H3,(H,10,12,13). The summed E-state index contributed by atoms with van der Waals surface area (Å²) in [4.78, 5) is 23.9. The van der Waals surface area contributed by atoms with Gasteiger partial charge in [0.05, 0.1) is 6.10 Å². The smallest absolute Gasteiger partial charge is 0.324 e. The third-order valence-corrected chi connectivity index (χ3v) is 2.95. The van der Waals surface area contributed by atoms with Crippen LogP contribution in [0.5, 0.6) is 0 Å². The second-order valence-corrected chi connectivity index (χ2v) is 3.81. The van der Waals surface area contributed by atoms with Crippen LogP contribution in [0.1, 0.15) is 19.3 Å².